The van der Waals surface area contributed by atoms with Crippen molar-refractivity contribution in [1.29, 1.82) is 0 Å². The van der Waals surface area contributed by atoms with Gasteiger partial charge < -0.3 is 22.7 Å². The van der Waals surface area contributed by atoms with Crippen molar-refractivity contribution in [3.63, 3.8) is 0 Å². The van der Waals surface area contributed by atoms with Gasteiger partial charge in [-0.3, -0.25) is 0 Å². The third kappa shape index (κ3) is 12.8. The number of hydrogen-bond acceptors (Lipinski definition) is 6. The van der Waals surface area contributed by atoms with Crippen molar-refractivity contribution in [2.75, 3.05) is 20.8 Å². The maximum atomic E-state index is 13.2. The minimum Gasteiger partial charge on any atom is -0.493 e. The fourth-order valence-corrected chi connectivity index (χ4v) is 7.01. The molecule has 0 N–H and O–H groups in total. The normalized spacial score (nSPS) is 12.2. The summed E-state index contributed by atoms with van der Waals surface area (Å²) in [6.45, 7) is 4.73. The lowest BCUT2D eigenvalue weighted by atomic mass is 10.00. The van der Waals surface area contributed by atoms with E-state index >= 15 is 0 Å². The minimum atomic E-state index is -4.89. The van der Waals surface area contributed by atoms with Gasteiger partial charge in [-0.1, -0.05) is 89.7 Å². The molecule has 0 atom stereocenters. The Kier molecular flexibility index (Phi) is 15.6. The first-order chi connectivity index (χ1) is 22.1. The highest BCUT2D eigenvalue weighted by molar-refractivity contribution is 6.65. The van der Waals surface area contributed by atoms with Crippen LogP contribution in [0, 0.1) is 0 Å². The zero-order valence-electron chi connectivity index (χ0n) is 27.9. The molecule has 3 rings (SSSR count). The molecule has 3 aromatic rings. The topological polar surface area (TPSA) is 67.1 Å². The van der Waals surface area contributed by atoms with E-state index in [2.05, 4.69) is 18.2 Å². The third-order valence-corrected chi connectivity index (χ3v) is 11.5. The van der Waals surface area contributed by atoms with Gasteiger partial charge in [-0.15, -0.1) is 13.2 Å². The number of unbranched alkanes of at least 4 members (excludes halogenated alkanes) is 11. The summed E-state index contributed by atoms with van der Waals surface area (Å²) in [5.74, 6) is 0.179. The fraction of sp³-hybridized carbons (Fsp3) is 0.583. The minimum absolute atomic E-state index is 0.0127. The third-order valence-electron chi connectivity index (χ3n) is 8.50. The molecule has 0 saturated carbocycles. The maximum Gasteiger partial charge on any atom is 0.573 e. The molecule has 0 unspecified atom stereocenters. The highest BCUT2D eigenvalue weighted by atomic mass is 28.4. The number of hydrogen-bond donors (Lipinski definition) is 0. The summed E-state index contributed by atoms with van der Waals surface area (Å²) in [6.07, 6.45) is 10.4. The van der Waals surface area contributed by atoms with Crippen LogP contribution in [0.3, 0.4) is 0 Å². The van der Waals surface area contributed by atoms with Crippen LogP contribution in [0.15, 0.2) is 51.7 Å². The molecular weight excluding hydrogens is 613 g/mol. The number of ether oxygens (including phenoxy) is 2. The van der Waals surface area contributed by atoms with Gasteiger partial charge in [0.05, 0.1) is 12.2 Å². The number of rotatable bonds is 22. The quantitative estimate of drug-likeness (QED) is 0.0605. The number of alkyl halides is 3. The van der Waals surface area contributed by atoms with Crippen LogP contribution in [-0.4, -0.2) is 35.7 Å². The van der Waals surface area contributed by atoms with Crippen molar-refractivity contribution < 1.29 is 35.9 Å². The molecule has 1 aromatic heterocycles. The Morgan fingerprint density at radius 3 is 2.04 bits per heavy atom. The zero-order valence-corrected chi connectivity index (χ0v) is 28.9. The number of aryl methyl sites for hydroxylation is 1. The Morgan fingerprint density at radius 1 is 0.761 bits per heavy atom. The van der Waals surface area contributed by atoms with Gasteiger partial charge in [-0.05, 0) is 61.7 Å². The van der Waals surface area contributed by atoms with Gasteiger partial charge in [-0.2, -0.15) is 0 Å². The van der Waals surface area contributed by atoms with E-state index in [0.717, 1.165) is 43.7 Å². The highest BCUT2D eigenvalue weighted by Crippen LogP contribution is 2.35. The van der Waals surface area contributed by atoms with Gasteiger partial charge in [0.1, 0.15) is 17.1 Å². The molecule has 6 nitrogen and oxygen atoms in total. The number of benzene rings is 2. The summed E-state index contributed by atoms with van der Waals surface area (Å²) in [4.78, 5) is 12.9. The summed E-state index contributed by atoms with van der Waals surface area (Å²) in [5, 5.41) is 0.581. The van der Waals surface area contributed by atoms with Gasteiger partial charge in [-0.25, -0.2) is 4.79 Å². The van der Waals surface area contributed by atoms with Crippen LogP contribution in [-0.2, 0) is 15.3 Å². The molecule has 0 radical (unpaired) electrons. The molecule has 2 aromatic carbocycles. The molecule has 10 heteroatoms. The molecule has 256 valence electrons. The van der Waals surface area contributed by atoms with Crippen LogP contribution in [0.5, 0.6) is 11.5 Å². The van der Waals surface area contributed by atoms with Crippen molar-refractivity contribution in [3.8, 4) is 22.6 Å². The lowest BCUT2D eigenvalue weighted by molar-refractivity contribution is -0.274. The van der Waals surface area contributed by atoms with Gasteiger partial charge in [0.2, 0.25) is 0 Å². The van der Waals surface area contributed by atoms with E-state index in [4.69, 9.17) is 18.0 Å². The first-order valence-corrected chi connectivity index (χ1v) is 19.3. The molecule has 0 amide bonds. The predicted molar refractivity (Wildman–Crippen MR) is 180 cm³/mol. The van der Waals surface area contributed by atoms with Crippen LogP contribution in [0.1, 0.15) is 96.0 Å². The SMILES string of the molecule is CCCCCc1ccc(-c2cc3ccc(OCCCCCCCCCCCC[Si](C)(OC)OC)cc3oc2=O)c(OC(F)(F)F)c1. The van der Waals surface area contributed by atoms with Gasteiger partial charge in [0.15, 0.2) is 0 Å². The monoisotopic (exact) mass is 664 g/mol. The summed E-state index contributed by atoms with van der Waals surface area (Å²) in [5.41, 5.74) is 0.354. The summed E-state index contributed by atoms with van der Waals surface area (Å²) < 4.78 is 66.6. The zero-order chi connectivity index (χ0) is 33.4. The second-order valence-corrected chi connectivity index (χ2v) is 15.7. The lowest BCUT2D eigenvalue weighted by Crippen LogP contribution is -2.35. The molecule has 0 saturated heterocycles. The smallest absolute Gasteiger partial charge is 0.493 e. The molecule has 0 fully saturated rings. The van der Waals surface area contributed by atoms with Crippen molar-refractivity contribution in [3.05, 3.63) is 58.4 Å². The largest absolute Gasteiger partial charge is 0.573 e. The van der Waals surface area contributed by atoms with Gasteiger partial charge >= 0.3 is 20.5 Å². The summed E-state index contributed by atoms with van der Waals surface area (Å²) in [7, 11) is 1.58. The van der Waals surface area contributed by atoms with Gasteiger partial charge in [0.25, 0.3) is 0 Å². The fourth-order valence-electron chi connectivity index (χ4n) is 5.54. The predicted octanol–water partition coefficient (Wildman–Crippen LogP) is 10.7. The Labute approximate surface area is 272 Å². The van der Waals surface area contributed by atoms with Crippen LogP contribution in [0.2, 0.25) is 12.6 Å². The van der Waals surface area contributed by atoms with Crippen molar-refractivity contribution in [2.45, 2.75) is 116 Å². The van der Waals surface area contributed by atoms with E-state index in [9.17, 15) is 18.0 Å². The molecule has 0 bridgehead atoms. The Morgan fingerprint density at radius 2 is 1.41 bits per heavy atom. The summed E-state index contributed by atoms with van der Waals surface area (Å²) in [6, 6.07) is 12.4. The highest BCUT2D eigenvalue weighted by Gasteiger charge is 2.33. The van der Waals surface area contributed by atoms with E-state index in [-0.39, 0.29) is 11.1 Å². The van der Waals surface area contributed by atoms with E-state index in [1.807, 2.05) is 0 Å². The molecule has 1 heterocycles. The second kappa shape index (κ2) is 19.1. The Bertz CT molecular complexity index is 1390. The number of fused-ring (bicyclic) bond motifs is 1. The van der Waals surface area contributed by atoms with Gasteiger partial charge in [0, 0.05) is 31.2 Å². The van der Waals surface area contributed by atoms with Crippen LogP contribution in [0.4, 0.5) is 13.2 Å². The van der Waals surface area contributed by atoms with E-state index < -0.39 is 26.3 Å². The van der Waals surface area contributed by atoms with E-state index in [1.54, 1.807) is 44.6 Å². The standard InChI is InChI=1S/C36H51F3O6Si/c1-5-6-15-18-28-19-22-31(34(25-28)45-36(37,38)39)32-26-29-20-21-30(27-33(29)44-35(32)40)43-23-16-13-11-9-7-8-10-12-14-17-24-46(4,41-2)42-3/h19-22,25-27H,5-18,23-24H2,1-4H3. The van der Waals surface area contributed by atoms with Crippen LogP contribution in [0.25, 0.3) is 22.1 Å². The molecule has 46 heavy (non-hydrogen) atoms. The lowest BCUT2D eigenvalue weighted by Gasteiger charge is -2.22. The molecule has 0 spiro atoms. The van der Waals surface area contributed by atoms with E-state index in [0.29, 0.717) is 29.7 Å². The molecular formula is C36H51F3O6Si. The summed E-state index contributed by atoms with van der Waals surface area (Å²) >= 11 is 0. The van der Waals surface area contributed by atoms with Crippen LogP contribution < -0.4 is 15.1 Å². The van der Waals surface area contributed by atoms with Crippen molar-refractivity contribution >= 4 is 19.5 Å². The second-order valence-electron chi connectivity index (χ2n) is 12.2. The van der Waals surface area contributed by atoms with Crippen molar-refractivity contribution in [1.82, 2.24) is 0 Å². The van der Waals surface area contributed by atoms with E-state index in [1.165, 1.54) is 63.5 Å². The number of halogens is 3. The Balaban J connectivity index is 1.45. The average molecular weight is 665 g/mol. The molecule has 0 aliphatic carbocycles. The average Bonchev–Trinajstić information content (AvgIpc) is 3.02. The Hall–Kier alpha value is -2.82. The first-order valence-electron chi connectivity index (χ1n) is 16.8. The van der Waals surface area contributed by atoms with Crippen LogP contribution >= 0.6 is 0 Å². The first kappa shape index (κ1) is 37.6. The van der Waals surface area contributed by atoms with Crippen molar-refractivity contribution in [2.24, 2.45) is 0 Å². The maximum absolute atomic E-state index is 13.2. The molecule has 0 aliphatic heterocycles. The molecule has 0 aliphatic rings.